The van der Waals surface area contributed by atoms with E-state index in [1.807, 2.05) is 76.2 Å². The molecule has 2 rings (SSSR count). The van der Waals surface area contributed by atoms with Crippen molar-refractivity contribution in [2.75, 3.05) is 13.2 Å². The molecule has 2 amide bonds. The first-order chi connectivity index (χ1) is 14.8. The van der Waals surface area contributed by atoms with Gasteiger partial charge in [0.15, 0.2) is 6.61 Å². The van der Waals surface area contributed by atoms with Crippen LogP contribution in [0.15, 0.2) is 53.0 Å². The van der Waals surface area contributed by atoms with E-state index in [2.05, 4.69) is 21.2 Å². The van der Waals surface area contributed by atoms with Gasteiger partial charge in [-0.3, -0.25) is 9.59 Å². The lowest BCUT2D eigenvalue weighted by atomic mass is 10.1. The minimum atomic E-state index is -0.527. The summed E-state index contributed by atoms with van der Waals surface area (Å²) in [5.41, 5.74) is 2.16. The van der Waals surface area contributed by atoms with Crippen molar-refractivity contribution in [2.45, 2.75) is 59.0 Å². The molecule has 0 unspecified atom stereocenters. The van der Waals surface area contributed by atoms with Crippen molar-refractivity contribution < 1.29 is 14.3 Å². The molecule has 168 valence electrons. The van der Waals surface area contributed by atoms with E-state index in [0.717, 1.165) is 22.0 Å². The molecule has 0 spiro atoms. The Balaban J connectivity index is 2.14. The Labute approximate surface area is 194 Å². The van der Waals surface area contributed by atoms with E-state index in [1.54, 1.807) is 4.90 Å². The van der Waals surface area contributed by atoms with Crippen LogP contribution in [0.5, 0.6) is 5.75 Å². The van der Waals surface area contributed by atoms with Crippen LogP contribution in [0.3, 0.4) is 0 Å². The maximum atomic E-state index is 13.2. The number of carbonyl (C=O) groups is 2. The molecule has 2 aromatic carbocycles. The van der Waals surface area contributed by atoms with E-state index in [-0.39, 0.29) is 24.5 Å². The third-order valence-electron chi connectivity index (χ3n) is 5.36. The molecule has 31 heavy (non-hydrogen) atoms. The van der Waals surface area contributed by atoms with Gasteiger partial charge in [0.2, 0.25) is 5.91 Å². The quantitative estimate of drug-likeness (QED) is 0.489. The number of hydrogen-bond acceptors (Lipinski definition) is 3. The van der Waals surface area contributed by atoms with Gasteiger partial charge in [0.1, 0.15) is 11.8 Å². The van der Waals surface area contributed by atoms with Crippen molar-refractivity contribution in [3.8, 4) is 5.75 Å². The number of nitrogens with zero attached hydrogens (tertiary/aromatic N) is 1. The van der Waals surface area contributed by atoms with Crippen molar-refractivity contribution >= 4 is 27.7 Å². The fourth-order valence-corrected chi connectivity index (χ4v) is 3.52. The van der Waals surface area contributed by atoms with Gasteiger partial charge in [-0.15, -0.1) is 0 Å². The molecule has 0 aliphatic rings. The normalized spacial score (nSPS) is 12.7. The van der Waals surface area contributed by atoms with E-state index in [0.29, 0.717) is 25.1 Å². The van der Waals surface area contributed by atoms with Gasteiger partial charge in [0, 0.05) is 17.1 Å². The summed E-state index contributed by atoms with van der Waals surface area (Å²) in [5.74, 6) is 0.328. The van der Waals surface area contributed by atoms with E-state index >= 15 is 0 Å². The number of rotatable bonds is 11. The lowest BCUT2D eigenvalue weighted by molar-refractivity contribution is -0.142. The number of ether oxygens (including phenoxy) is 1. The van der Waals surface area contributed by atoms with Gasteiger partial charge < -0.3 is 15.0 Å². The Morgan fingerprint density at radius 1 is 1.10 bits per heavy atom. The number of hydrogen-bond donors (Lipinski definition) is 1. The lowest BCUT2D eigenvalue weighted by Gasteiger charge is -2.31. The van der Waals surface area contributed by atoms with Gasteiger partial charge in [-0.25, -0.2) is 0 Å². The Hall–Kier alpha value is -2.34. The van der Waals surface area contributed by atoms with Crippen LogP contribution >= 0.6 is 15.9 Å². The smallest absolute Gasteiger partial charge is 0.261 e. The summed E-state index contributed by atoms with van der Waals surface area (Å²) in [6.45, 7) is 8.25. The molecular formula is C25H33BrN2O3. The molecule has 0 radical (unpaired) electrons. The minimum Gasteiger partial charge on any atom is -0.484 e. The summed E-state index contributed by atoms with van der Waals surface area (Å²) >= 11 is 3.47. The van der Waals surface area contributed by atoms with Crippen molar-refractivity contribution in [2.24, 2.45) is 0 Å². The molecule has 0 aromatic heterocycles. The highest BCUT2D eigenvalue weighted by Gasteiger charge is 2.29. The van der Waals surface area contributed by atoms with Crippen LogP contribution in [0.1, 0.15) is 44.7 Å². The predicted octanol–water partition coefficient (Wildman–Crippen LogP) is 4.90. The summed E-state index contributed by atoms with van der Waals surface area (Å²) in [6, 6.07) is 15.1. The molecule has 0 aliphatic heterocycles. The van der Waals surface area contributed by atoms with E-state index in [9.17, 15) is 9.59 Å². The van der Waals surface area contributed by atoms with Crippen molar-refractivity contribution in [3.05, 3.63) is 64.1 Å². The summed E-state index contributed by atoms with van der Waals surface area (Å²) in [7, 11) is 0. The number of benzene rings is 2. The Bertz CT molecular complexity index is 857. The third kappa shape index (κ3) is 7.69. The monoisotopic (exact) mass is 488 g/mol. The largest absolute Gasteiger partial charge is 0.484 e. The first-order valence-electron chi connectivity index (χ1n) is 10.9. The zero-order valence-corrected chi connectivity index (χ0v) is 20.4. The predicted molar refractivity (Wildman–Crippen MR) is 128 cm³/mol. The molecule has 0 heterocycles. The van der Waals surface area contributed by atoms with E-state index in [4.69, 9.17) is 4.74 Å². The van der Waals surface area contributed by atoms with Crippen LogP contribution in [0.2, 0.25) is 0 Å². The third-order valence-corrected chi connectivity index (χ3v) is 6.25. The summed E-state index contributed by atoms with van der Waals surface area (Å²) in [4.78, 5) is 27.7. The van der Waals surface area contributed by atoms with Crippen LogP contribution in [0.4, 0.5) is 0 Å². The molecule has 6 heteroatoms. The van der Waals surface area contributed by atoms with Crippen LogP contribution in [-0.4, -0.2) is 41.9 Å². The fraction of sp³-hybridized carbons (Fsp3) is 0.440. The highest BCUT2D eigenvalue weighted by molar-refractivity contribution is 9.10. The standard InChI is InChI=1S/C25H33BrN2O3/c1-5-19(4)27-25(30)23(6-2)28(15-14-20-10-8-7-9-11-20)24(29)17-31-21-12-13-22(26)18(3)16-21/h7-13,16,19,23H,5-6,14-15,17H2,1-4H3,(H,27,30)/t19-,23-/m1/s1. The van der Waals surface area contributed by atoms with Crippen LogP contribution in [0.25, 0.3) is 0 Å². The Morgan fingerprint density at radius 2 is 1.81 bits per heavy atom. The zero-order valence-electron chi connectivity index (χ0n) is 18.9. The summed E-state index contributed by atoms with van der Waals surface area (Å²) in [6.07, 6.45) is 2.06. The molecule has 0 aliphatic carbocycles. The molecular weight excluding hydrogens is 456 g/mol. The number of nitrogens with one attached hydrogen (secondary N) is 1. The number of amides is 2. The number of carbonyl (C=O) groups excluding carboxylic acids is 2. The molecule has 0 saturated heterocycles. The summed E-state index contributed by atoms with van der Waals surface area (Å²) < 4.78 is 6.76. The first kappa shape index (κ1) is 24.9. The topological polar surface area (TPSA) is 58.6 Å². The molecule has 0 saturated carbocycles. The Morgan fingerprint density at radius 3 is 2.42 bits per heavy atom. The van der Waals surface area contributed by atoms with Gasteiger partial charge in [-0.1, -0.05) is 60.1 Å². The lowest BCUT2D eigenvalue weighted by Crippen LogP contribution is -2.52. The second-order valence-electron chi connectivity index (χ2n) is 7.76. The molecule has 2 atom stereocenters. The van der Waals surface area contributed by atoms with Crippen LogP contribution in [0, 0.1) is 6.92 Å². The van der Waals surface area contributed by atoms with E-state index < -0.39 is 6.04 Å². The van der Waals surface area contributed by atoms with Crippen LogP contribution in [-0.2, 0) is 16.0 Å². The highest BCUT2D eigenvalue weighted by Crippen LogP contribution is 2.21. The zero-order chi connectivity index (χ0) is 22.8. The summed E-state index contributed by atoms with van der Waals surface area (Å²) in [5, 5.41) is 3.02. The average molecular weight is 489 g/mol. The van der Waals surface area contributed by atoms with E-state index in [1.165, 1.54) is 0 Å². The van der Waals surface area contributed by atoms with Gasteiger partial charge in [-0.2, -0.15) is 0 Å². The van der Waals surface area contributed by atoms with Crippen molar-refractivity contribution in [1.29, 1.82) is 0 Å². The molecule has 0 fully saturated rings. The second-order valence-corrected chi connectivity index (χ2v) is 8.62. The number of aryl methyl sites for hydroxylation is 1. The van der Waals surface area contributed by atoms with Gasteiger partial charge in [0.05, 0.1) is 0 Å². The van der Waals surface area contributed by atoms with Crippen molar-refractivity contribution in [1.82, 2.24) is 10.2 Å². The van der Waals surface area contributed by atoms with Crippen LogP contribution < -0.4 is 10.1 Å². The maximum absolute atomic E-state index is 13.2. The van der Waals surface area contributed by atoms with Gasteiger partial charge in [0.25, 0.3) is 5.91 Å². The SMILES string of the molecule is CC[C@@H](C)NC(=O)[C@@H](CC)N(CCc1ccccc1)C(=O)COc1ccc(Br)c(C)c1. The van der Waals surface area contributed by atoms with Crippen molar-refractivity contribution in [3.63, 3.8) is 0 Å². The highest BCUT2D eigenvalue weighted by atomic mass is 79.9. The first-order valence-corrected chi connectivity index (χ1v) is 11.7. The number of halogens is 1. The minimum absolute atomic E-state index is 0.0645. The second kappa shape index (κ2) is 12.5. The molecule has 5 nitrogen and oxygen atoms in total. The molecule has 0 bridgehead atoms. The molecule has 1 N–H and O–H groups in total. The van der Waals surface area contributed by atoms with Gasteiger partial charge >= 0.3 is 0 Å². The Kier molecular flexibility index (Phi) is 10.0. The molecule has 2 aromatic rings. The fourth-order valence-electron chi connectivity index (χ4n) is 3.27. The van der Waals surface area contributed by atoms with Gasteiger partial charge in [-0.05, 0) is 62.4 Å². The average Bonchev–Trinajstić information content (AvgIpc) is 2.77. The maximum Gasteiger partial charge on any atom is 0.261 e.